The van der Waals surface area contributed by atoms with Gasteiger partial charge in [-0.3, -0.25) is 0 Å². The quantitative estimate of drug-likeness (QED) is 0.645. The number of nitrogens with zero attached hydrogens (tertiary/aromatic N) is 1. The van der Waals surface area contributed by atoms with E-state index in [1.54, 1.807) is 12.1 Å². The van der Waals surface area contributed by atoms with Gasteiger partial charge in [0.2, 0.25) is 5.75 Å². The number of hydrogen-bond donors (Lipinski definition) is 1. The Labute approximate surface area is 111 Å². The monoisotopic (exact) mass is 268 g/mol. The fourth-order valence-corrected chi connectivity index (χ4v) is 1.43. The molecule has 1 aromatic carbocycles. The Morgan fingerprint density at radius 3 is 2.32 bits per heavy atom. The predicted molar refractivity (Wildman–Crippen MR) is 69.2 cm³/mol. The second kappa shape index (κ2) is 7.10. The molecule has 0 radical (unpaired) electrons. The van der Waals surface area contributed by atoms with Gasteiger partial charge in [0.25, 0.3) is 0 Å². The molecule has 0 spiro atoms. The van der Waals surface area contributed by atoms with Crippen LogP contribution in [0.1, 0.15) is 5.56 Å². The lowest BCUT2D eigenvalue weighted by Gasteiger charge is -2.13. The highest BCUT2D eigenvalue weighted by Crippen LogP contribution is 2.38. The van der Waals surface area contributed by atoms with E-state index < -0.39 is 6.09 Å². The Balaban J connectivity index is 3.04. The number of carbonyl (C=O) groups excluding carboxylic acids is 1. The van der Waals surface area contributed by atoms with Crippen LogP contribution >= 0.6 is 0 Å². The number of methoxy groups -OCH3 is 4. The van der Waals surface area contributed by atoms with Crippen LogP contribution in [0.25, 0.3) is 0 Å². The summed E-state index contributed by atoms with van der Waals surface area (Å²) in [6, 6.07) is 3.43. The highest BCUT2D eigenvalue weighted by Gasteiger charge is 2.14. The summed E-state index contributed by atoms with van der Waals surface area (Å²) in [6.45, 7) is 0. The number of carbonyl (C=O) groups is 1. The van der Waals surface area contributed by atoms with Gasteiger partial charge in [-0.25, -0.2) is 10.2 Å². The molecule has 1 amide bonds. The second-order valence-corrected chi connectivity index (χ2v) is 3.29. The third-order valence-electron chi connectivity index (χ3n) is 2.28. The van der Waals surface area contributed by atoms with Crippen molar-refractivity contribution in [2.24, 2.45) is 5.10 Å². The van der Waals surface area contributed by atoms with Gasteiger partial charge in [0, 0.05) is 5.56 Å². The van der Waals surface area contributed by atoms with Gasteiger partial charge in [-0.15, -0.1) is 0 Å². The van der Waals surface area contributed by atoms with Gasteiger partial charge >= 0.3 is 6.09 Å². The summed E-state index contributed by atoms with van der Waals surface area (Å²) in [4.78, 5) is 10.9. The predicted octanol–water partition coefficient (Wildman–Crippen LogP) is 1.40. The van der Waals surface area contributed by atoms with E-state index in [0.717, 1.165) is 0 Å². The molecule has 1 rings (SSSR count). The Hall–Kier alpha value is -2.44. The third kappa shape index (κ3) is 3.51. The molecule has 0 aliphatic carbocycles. The van der Waals surface area contributed by atoms with E-state index in [4.69, 9.17) is 14.2 Å². The minimum absolute atomic E-state index is 0.451. The van der Waals surface area contributed by atoms with Crippen LogP contribution in [0, 0.1) is 0 Å². The van der Waals surface area contributed by atoms with Crippen molar-refractivity contribution in [1.82, 2.24) is 5.43 Å². The maximum atomic E-state index is 10.9. The first-order valence-corrected chi connectivity index (χ1v) is 5.33. The fraction of sp³-hybridized carbons (Fsp3) is 0.333. The normalized spacial score (nSPS) is 10.1. The number of rotatable bonds is 5. The van der Waals surface area contributed by atoms with Crippen molar-refractivity contribution >= 4 is 12.3 Å². The number of amides is 1. The molecular weight excluding hydrogens is 252 g/mol. The van der Waals surface area contributed by atoms with E-state index in [1.165, 1.54) is 34.7 Å². The zero-order valence-electron chi connectivity index (χ0n) is 11.2. The Morgan fingerprint density at radius 2 is 1.79 bits per heavy atom. The van der Waals surface area contributed by atoms with Gasteiger partial charge in [-0.2, -0.15) is 5.10 Å². The van der Waals surface area contributed by atoms with Crippen molar-refractivity contribution in [2.45, 2.75) is 0 Å². The zero-order valence-corrected chi connectivity index (χ0v) is 11.2. The molecule has 7 nitrogen and oxygen atoms in total. The van der Waals surface area contributed by atoms with Crippen LogP contribution in [0.3, 0.4) is 0 Å². The molecule has 0 unspecified atom stereocenters. The summed E-state index contributed by atoms with van der Waals surface area (Å²) in [6.07, 6.45) is 0.758. The molecule has 0 saturated heterocycles. The lowest BCUT2D eigenvalue weighted by atomic mass is 10.2. The largest absolute Gasteiger partial charge is 0.493 e. The summed E-state index contributed by atoms with van der Waals surface area (Å²) < 4.78 is 20.0. The average Bonchev–Trinajstić information content (AvgIpc) is 2.45. The molecule has 19 heavy (non-hydrogen) atoms. The number of ether oxygens (including phenoxy) is 4. The first-order chi connectivity index (χ1) is 9.17. The second-order valence-electron chi connectivity index (χ2n) is 3.29. The average molecular weight is 268 g/mol. The maximum Gasteiger partial charge on any atom is 0.427 e. The summed E-state index contributed by atoms with van der Waals surface area (Å²) in [5.41, 5.74) is 2.80. The summed E-state index contributed by atoms with van der Waals surface area (Å²) in [7, 11) is 5.79. The van der Waals surface area contributed by atoms with E-state index in [-0.39, 0.29) is 0 Å². The van der Waals surface area contributed by atoms with E-state index in [1.807, 2.05) is 0 Å². The van der Waals surface area contributed by atoms with Gasteiger partial charge in [0.1, 0.15) is 0 Å². The van der Waals surface area contributed by atoms with E-state index in [9.17, 15) is 4.79 Å². The molecule has 0 atom stereocenters. The summed E-state index contributed by atoms with van der Waals surface area (Å²) >= 11 is 0. The molecule has 0 aliphatic rings. The van der Waals surface area contributed by atoms with Crippen LogP contribution < -0.4 is 19.6 Å². The molecule has 0 aliphatic heterocycles. The fourth-order valence-electron chi connectivity index (χ4n) is 1.43. The van der Waals surface area contributed by atoms with Gasteiger partial charge in [0.15, 0.2) is 11.5 Å². The molecule has 0 bridgehead atoms. The van der Waals surface area contributed by atoms with Crippen LogP contribution in [0.4, 0.5) is 4.79 Å². The minimum Gasteiger partial charge on any atom is -0.493 e. The van der Waals surface area contributed by atoms with Gasteiger partial charge in [0.05, 0.1) is 34.7 Å². The third-order valence-corrected chi connectivity index (χ3v) is 2.28. The highest BCUT2D eigenvalue weighted by atomic mass is 16.5. The van der Waals surface area contributed by atoms with Crippen molar-refractivity contribution in [1.29, 1.82) is 0 Å². The van der Waals surface area contributed by atoms with Gasteiger partial charge in [-0.1, -0.05) is 0 Å². The summed E-state index contributed by atoms with van der Waals surface area (Å²) in [5, 5.41) is 3.73. The van der Waals surface area contributed by atoms with E-state index >= 15 is 0 Å². The standard InChI is InChI=1S/C12H16N2O5/c1-16-9-6-5-8(7-13-14-12(15)19-4)10(17-2)11(9)18-3/h5-7H,1-4H3,(H,14,15). The first-order valence-electron chi connectivity index (χ1n) is 5.33. The Morgan fingerprint density at radius 1 is 1.11 bits per heavy atom. The minimum atomic E-state index is -0.657. The number of benzene rings is 1. The SMILES string of the molecule is COC(=O)NN=Cc1ccc(OC)c(OC)c1OC. The smallest absolute Gasteiger partial charge is 0.427 e. The van der Waals surface area contributed by atoms with Gasteiger partial charge in [-0.05, 0) is 12.1 Å². The molecule has 1 N–H and O–H groups in total. The zero-order chi connectivity index (χ0) is 14.3. The van der Waals surface area contributed by atoms with Crippen LogP contribution in [-0.2, 0) is 4.74 Å². The van der Waals surface area contributed by atoms with Crippen molar-refractivity contribution in [2.75, 3.05) is 28.4 Å². The van der Waals surface area contributed by atoms with Crippen LogP contribution in [0.15, 0.2) is 17.2 Å². The molecule has 0 saturated carbocycles. The molecule has 7 heteroatoms. The Bertz CT molecular complexity index is 473. The van der Waals surface area contributed by atoms with Gasteiger partial charge < -0.3 is 18.9 Å². The molecule has 1 aromatic rings. The maximum absolute atomic E-state index is 10.9. The van der Waals surface area contributed by atoms with E-state index in [0.29, 0.717) is 22.8 Å². The van der Waals surface area contributed by atoms with Crippen molar-refractivity contribution in [3.05, 3.63) is 17.7 Å². The number of hydrogen-bond acceptors (Lipinski definition) is 6. The topological polar surface area (TPSA) is 78.4 Å². The van der Waals surface area contributed by atoms with Crippen molar-refractivity contribution in [3.63, 3.8) is 0 Å². The van der Waals surface area contributed by atoms with Crippen molar-refractivity contribution in [3.8, 4) is 17.2 Å². The number of nitrogens with one attached hydrogen (secondary N) is 1. The molecular formula is C12H16N2O5. The highest BCUT2D eigenvalue weighted by molar-refractivity contribution is 5.86. The summed E-state index contributed by atoms with van der Waals surface area (Å²) in [5.74, 6) is 1.45. The van der Waals surface area contributed by atoms with Crippen LogP contribution in [0.2, 0.25) is 0 Å². The van der Waals surface area contributed by atoms with Crippen molar-refractivity contribution < 1.29 is 23.7 Å². The Kier molecular flexibility index (Phi) is 5.46. The lowest BCUT2D eigenvalue weighted by molar-refractivity contribution is 0.171. The van der Waals surface area contributed by atoms with Crippen LogP contribution in [-0.4, -0.2) is 40.7 Å². The lowest BCUT2D eigenvalue weighted by Crippen LogP contribution is -2.16. The molecule has 104 valence electrons. The molecule has 0 aromatic heterocycles. The van der Waals surface area contributed by atoms with Crippen LogP contribution in [0.5, 0.6) is 17.2 Å². The number of hydrazone groups is 1. The molecule has 0 heterocycles. The molecule has 0 fully saturated rings. The first kappa shape index (κ1) is 14.6. The van der Waals surface area contributed by atoms with E-state index in [2.05, 4.69) is 15.3 Å².